The molecule has 3 aliphatic heterocycles. The van der Waals surface area contributed by atoms with Gasteiger partial charge in [0.25, 0.3) is 0 Å². The molecule has 6 rings (SSSR count). The van der Waals surface area contributed by atoms with E-state index < -0.39 is 54.6 Å². The van der Waals surface area contributed by atoms with Crippen molar-refractivity contribution in [2.45, 2.75) is 101 Å². The van der Waals surface area contributed by atoms with E-state index in [1.54, 1.807) is 0 Å². The van der Waals surface area contributed by atoms with Gasteiger partial charge in [-0.1, -0.05) is 13.3 Å². The number of aliphatic hydroxyl groups is 5. The highest BCUT2D eigenvalue weighted by molar-refractivity contribution is 5.79. The first-order chi connectivity index (χ1) is 17.0. The van der Waals surface area contributed by atoms with Crippen LogP contribution in [0.15, 0.2) is 0 Å². The molecule has 10 heteroatoms. The summed E-state index contributed by atoms with van der Waals surface area (Å²) >= 11 is 0. The van der Waals surface area contributed by atoms with Gasteiger partial charge in [0.2, 0.25) is 6.29 Å². The summed E-state index contributed by atoms with van der Waals surface area (Å²) in [5.74, 6) is 0.0862. The lowest BCUT2D eigenvalue weighted by Crippen LogP contribution is -2.59. The van der Waals surface area contributed by atoms with Gasteiger partial charge in [-0.15, -0.1) is 0 Å². The second-order valence-corrected chi connectivity index (χ2v) is 13.0. The Morgan fingerprint density at radius 1 is 1.08 bits per heavy atom. The molecule has 0 aromatic rings. The molecule has 0 amide bonds. The van der Waals surface area contributed by atoms with Crippen LogP contribution in [0.3, 0.4) is 0 Å². The lowest BCUT2D eigenvalue weighted by molar-refractivity contribution is -0.310. The Balaban J connectivity index is 1.24. The van der Waals surface area contributed by atoms with Gasteiger partial charge in [-0.3, -0.25) is 4.79 Å². The van der Waals surface area contributed by atoms with Gasteiger partial charge in [-0.25, -0.2) is 0 Å². The van der Waals surface area contributed by atoms with E-state index in [4.69, 9.17) is 18.9 Å². The summed E-state index contributed by atoms with van der Waals surface area (Å²) in [4.78, 5) is 12.9. The minimum absolute atomic E-state index is 0.00812. The van der Waals surface area contributed by atoms with Crippen LogP contribution in [0.5, 0.6) is 0 Å². The number of ether oxygens (including phenoxy) is 4. The van der Waals surface area contributed by atoms with E-state index in [0.29, 0.717) is 13.0 Å². The second kappa shape index (κ2) is 8.32. The Kier molecular flexibility index (Phi) is 5.88. The molecule has 6 fully saturated rings. The van der Waals surface area contributed by atoms with Crippen molar-refractivity contribution in [2.24, 2.45) is 34.0 Å². The lowest BCUT2D eigenvalue weighted by atomic mass is 9.47. The van der Waals surface area contributed by atoms with Crippen molar-refractivity contribution in [1.82, 2.24) is 0 Å². The molecule has 0 radical (unpaired) electrons. The highest BCUT2D eigenvalue weighted by atomic mass is 16.7. The zero-order valence-corrected chi connectivity index (χ0v) is 21.0. The number of hydrogen-bond acceptors (Lipinski definition) is 10. The Bertz CT molecular complexity index is 898. The van der Waals surface area contributed by atoms with E-state index in [0.717, 1.165) is 38.5 Å². The van der Waals surface area contributed by atoms with Crippen LogP contribution >= 0.6 is 0 Å². The minimum atomic E-state index is -1.53. The van der Waals surface area contributed by atoms with Crippen LogP contribution in [-0.4, -0.2) is 93.9 Å². The first kappa shape index (κ1) is 25.4. The van der Waals surface area contributed by atoms with Crippen molar-refractivity contribution in [3.05, 3.63) is 0 Å². The van der Waals surface area contributed by atoms with Gasteiger partial charge in [-0.05, 0) is 62.7 Å². The highest BCUT2D eigenvalue weighted by Gasteiger charge is 2.72. The molecule has 10 nitrogen and oxygen atoms in total. The summed E-state index contributed by atoms with van der Waals surface area (Å²) in [6, 6.07) is 0. The highest BCUT2D eigenvalue weighted by Crippen LogP contribution is 2.71. The van der Waals surface area contributed by atoms with E-state index in [1.807, 2.05) is 6.92 Å². The van der Waals surface area contributed by atoms with E-state index >= 15 is 0 Å². The average Bonchev–Trinajstić information content (AvgIpc) is 3.18. The van der Waals surface area contributed by atoms with Crippen LogP contribution in [0, 0.1) is 34.0 Å². The molecule has 13 atom stereocenters. The Hall–Kier alpha value is -0.850. The smallest absolute Gasteiger partial charge is 0.314 e. The summed E-state index contributed by atoms with van der Waals surface area (Å²) in [6.45, 7) is 4.10. The first-order valence-corrected chi connectivity index (χ1v) is 13.4. The monoisotopic (exact) mass is 512 g/mol. The molecule has 3 aliphatic carbocycles. The molecular weight excluding hydrogens is 472 g/mol. The zero-order chi connectivity index (χ0) is 25.7. The van der Waals surface area contributed by atoms with Crippen molar-refractivity contribution >= 4 is 5.97 Å². The molecule has 0 aromatic heterocycles. The molecule has 0 aromatic carbocycles. The maximum absolute atomic E-state index is 12.9. The number of carbonyl (C=O) groups excluding carboxylic acids is 1. The van der Waals surface area contributed by atoms with Crippen LogP contribution in [-0.2, 0) is 23.7 Å². The number of carbonyl (C=O) groups is 1. The maximum atomic E-state index is 12.9. The van der Waals surface area contributed by atoms with E-state index in [9.17, 15) is 30.3 Å². The van der Waals surface area contributed by atoms with Gasteiger partial charge in [0.05, 0.1) is 30.8 Å². The number of esters is 1. The zero-order valence-electron chi connectivity index (χ0n) is 21.0. The quantitative estimate of drug-likeness (QED) is 0.327. The number of aliphatic hydroxyl groups excluding tert-OH is 4. The van der Waals surface area contributed by atoms with Crippen LogP contribution in [0.25, 0.3) is 0 Å². The van der Waals surface area contributed by atoms with E-state index in [2.05, 4.69) is 6.92 Å². The fraction of sp³-hybridized carbons (Fsp3) is 0.962. The van der Waals surface area contributed by atoms with Gasteiger partial charge in [0.1, 0.15) is 24.4 Å². The second-order valence-electron chi connectivity index (χ2n) is 13.0. The number of rotatable bonds is 4. The van der Waals surface area contributed by atoms with Gasteiger partial charge in [0.15, 0.2) is 6.29 Å². The fourth-order valence-electron chi connectivity index (χ4n) is 9.45. The molecule has 6 aliphatic rings. The predicted molar refractivity (Wildman–Crippen MR) is 122 cm³/mol. The third kappa shape index (κ3) is 3.35. The van der Waals surface area contributed by atoms with Crippen molar-refractivity contribution in [3.8, 4) is 0 Å². The van der Waals surface area contributed by atoms with E-state index in [-0.39, 0.29) is 41.2 Å². The standard InChI is InChI=1S/C26H40O10/c1-23-6-3-7-24(2)19(23)21(36-22(24)31)33-11-25-8-13(4-5-15(23)25)26(32,10-25)12-34-20-18(30)17(29)16(28)14(9-27)35-20/h13-21,27-30,32H,3-12H2,1-2H3. The molecule has 1 spiro atoms. The number of fused-ring (bicyclic) bond motifs is 2. The third-order valence-electron chi connectivity index (χ3n) is 11.1. The van der Waals surface area contributed by atoms with Gasteiger partial charge in [0, 0.05) is 11.3 Å². The van der Waals surface area contributed by atoms with Crippen molar-refractivity contribution in [1.29, 1.82) is 0 Å². The van der Waals surface area contributed by atoms with Crippen LogP contribution in [0.1, 0.15) is 58.8 Å². The normalized spacial score (nSPS) is 58.1. The molecule has 13 unspecified atom stereocenters. The van der Waals surface area contributed by atoms with E-state index in [1.165, 1.54) is 0 Å². The van der Waals surface area contributed by atoms with Gasteiger partial charge >= 0.3 is 5.97 Å². The first-order valence-electron chi connectivity index (χ1n) is 13.4. The molecule has 204 valence electrons. The van der Waals surface area contributed by atoms with Gasteiger partial charge in [-0.2, -0.15) is 0 Å². The van der Waals surface area contributed by atoms with Crippen LogP contribution in [0.2, 0.25) is 0 Å². The molecule has 36 heavy (non-hydrogen) atoms. The summed E-state index contributed by atoms with van der Waals surface area (Å²) in [6.07, 6.45) is -1.62. The summed E-state index contributed by atoms with van der Waals surface area (Å²) in [5, 5.41) is 51.9. The predicted octanol–water partition coefficient (Wildman–Crippen LogP) is 0.0662. The maximum Gasteiger partial charge on any atom is 0.314 e. The molecular formula is C26H40O10. The third-order valence-corrected chi connectivity index (χ3v) is 11.1. The van der Waals surface area contributed by atoms with Crippen LogP contribution in [0.4, 0.5) is 0 Å². The summed E-state index contributed by atoms with van der Waals surface area (Å²) in [5.41, 5.74) is -2.14. The molecule has 3 heterocycles. The topological polar surface area (TPSA) is 155 Å². The fourth-order valence-corrected chi connectivity index (χ4v) is 9.45. The average molecular weight is 513 g/mol. The Morgan fingerprint density at radius 2 is 1.86 bits per heavy atom. The van der Waals surface area contributed by atoms with Crippen LogP contribution < -0.4 is 0 Å². The molecule has 3 saturated heterocycles. The summed E-state index contributed by atoms with van der Waals surface area (Å²) in [7, 11) is 0. The lowest BCUT2D eigenvalue weighted by Gasteiger charge is -2.55. The minimum Gasteiger partial charge on any atom is -0.435 e. The van der Waals surface area contributed by atoms with Crippen molar-refractivity contribution in [2.75, 3.05) is 19.8 Å². The Labute approximate surface area is 210 Å². The van der Waals surface area contributed by atoms with Gasteiger partial charge < -0.3 is 44.5 Å². The molecule has 3 saturated carbocycles. The van der Waals surface area contributed by atoms with Crippen molar-refractivity contribution in [3.63, 3.8) is 0 Å². The largest absolute Gasteiger partial charge is 0.435 e. The molecule has 2 bridgehead atoms. The molecule has 5 N–H and O–H groups in total. The Morgan fingerprint density at radius 3 is 2.61 bits per heavy atom. The SMILES string of the molecule is CC12CCCC3(C)C4CCC5CC4(COC(OC1=O)C23)CC5(O)COC1OC(CO)C(O)C(O)C1O. The summed E-state index contributed by atoms with van der Waals surface area (Å²) < 4.78 is 23.5. The number of hydrogen-bond donors (Lipinski definition) is 5. The van der Waals surface area contributed by atoms with Crippen molar-refractivity contribution < 1.29 is 49.3 Å².